The van der Waals surface area contributed by atoms with Gasteiger partial charge in [0.05, 0.1) is 22.4 Å². The Hall–Kier alpha value is -0.810. The SMILES string of the molecule is CCc1nn(CC)c(CNc2cc(C)ccc2Br)c1Br. The van der Waals surface area contributed by atoms with Gasteiger partial charge in [-0.2, -0.15) is 5.10 Å². The number of anilines is 1. The van der Waals surface area contributed by atoms with Crippen molar-refractivity contribution >= 4 is 37.5 Å². The first-order valence-electron chi connectivity index (χ1n) is 6.80. The number of hydrogen-bond acceptors (Lipinski definition) is 2. The molecule has 5 heteroatoms. The van der Waals surface area contributed by atoms with Crippen molar-refractivity contribution in [3.8, 4) is 0 Å². The molecule has 0 aliphatic carbocycles. The number of nitrogens with one attached hydrogen (secondary N) is 1. The predicted molar refractivity (Wildman–Crippen MR) is 91.2 cm³/mol. The van der Waals surface area contributed by atoms with Gasteiger partial charge < -0.3 is 5.32 Å². The van der Waals surface area contributed by atoms with E-state index in [1.807, 2.05) is 0 Å². The molecule has 2 rings (SSSR count). The molecular formula is C15H19Br2N3. The molecule has 0 fully saturated rings. The van der Waals surface area contributed by atoms with E-state index < -0.39 is 0 Å². The van der Waals surface area contributed by atoms with Crippen LogP contribution >= 0.6 is 31.9 Å². The Bertz CT molecular complexity index is 605. The lowest BCUT2D eigenvalue weighted by Gasteiger charge is -2.11. The van der Waals surface area contributed by atoms with E-state index >= 15 is 0 Å². The van der Waals surface area contributed by atoms with Crippen LogP contribution in [0.25, 0.3) is 0 Å². The average Bonchev–Trinajstić information content (AvgIpc) is 2.75. The van der Waals surface area contributed by atoms with Gasteiger partial charge in [0.2, 0.25) is 0 Å². The van der Waals surface area contributed by atoms with Crippen LogP contribution in [-0.2, 0) is 19.5 Å². The quantitative estimate of drug-likeness (QED) is 0.772. The Labute approximate surface area is 137 Å². The van der Waals surface area contributed by atoms with Crippen molar-refractivity contribution in [3.05, 3.63) is 44.1 Å². The van der Waals surface area contributed by atoms with Crippen LogP contribution in [0.1, 0.15) is 30.8 Å². The van der Waals surface area contributed by atoms with Crippen LogP contribution in [0.2, 0.25) is 0 Å². The zero-order valence-corrected chi connectivity index (χ0v) is 15.2. The summed E-state index contributed by atoms with van der Waals surface area (Å²) in [6.07, 6.45) is 0.939. The molecule has 0 spiro atoms. The molecule has 0 aliphatic heterocycles. The summed E-state index contributed by atoms with van der Waals surface area (Å²) in [6, 6.07) is 6.31. The molecule has 2 aromatic rings. The topological polar surface area (TPSA) is 29.9 Å². The molecule has 0 amide bonds. The maximum absolute atomic E-state index is 4.62. The molecule has 1 aromatic carbocycles. The molecule has 20 heavy (non-hydrogen) atoms. The lowest BCUT2D eigenvalue weighted by Crippen LogP contribution is -2.08. The molecule has 0 radical (unpaired) electrons. The number of nitrogens with zero attached hydrogens (tertiary/aromatic N) is 2. The first kappa shape index (κ1) is 15.6. The third-order valence-corrected chi connectivity index (χ3v) is 4.87. The summed E-state index contributed by atoms with van der Waals surface area (Å²) in [7, 11) is 0. The van der Waals surface area contributed by atoms with Gasteiger partial charge in [-0.3, -0.25) is 4.68 Å². The van der Waals surface area contributed by atoms with Gasteiger partial charge in [-0.05, 0) is 69.8 Å². The summed E-state index contributed by atoms with van der Waals surface area (Å²) in [6.45, 7) is 7.97. The molecule has 0 atom stereocenters. The van der Waals surface area contributed by atoms with Crippen LogP contribution in [0.4, 0.5) is 5.69 Å². The van der Waals surface area contributed by atoms with Crippen molar-refractivity contribution < 1.29 is 0 Å². The summed E-state index contributed by atoms with van der Waals surface area (Å²) in [4.78, 5) is 0. The fourth-order valence-electron chi connectivity index (χ4n) is 2.14. The van der Waals surface area contributed by atoms with E-state index in [0.29, 0.717) is 0 Å². The second kappa shape index (κ2) is 6.76. The summed E-state index contributed by atoms with van der Waals surface area (Å²) in [5, 5.41) is 8.10. The third kappa shape index (κ3) is 3.26. The third-order valence-electron chi connectivity index (χ3n) is 3.26. The highest BCUT2D eigenvalue weighted by atomic mass is 79.9. The summed E-state index contributed by atoms with van der Waals surface area (Å²) < 4.78 is 4.26. The zero-order chi connectivity index (χ0) is 14.7. The highest BCUT2D eigenvalue weighted by Gasteiger charge is 2.13. The average molecular weight is 401 g/mol. The van der Waals surface area contributed by atoms with E-state index in [1.54, 1.807) is 0 Å². The number of aryl methyl sites for hydroxylation is 3. The van der Waals surface area contributed by atoms with E-state index in [0.717, 1.165) is 39.8 Å². The molecule has 0 bridgehead atoms. The van der Waals surface area contributed by atoms with E-state index in [1.165, 1.54) is 11.3 Å². The van der Waals surface area contributed by atoms with Crippen molar-refractivity contribution in [2.45, 2.75) is 40.3 Å². The molecule has 0 saturated carbocycles. The van der Waals surface area contributed by atoms with Gasteiger partial charge in [0.15, 0.2) is 0 Å². The lowest BCUT2D eigenvalue weighted by molar-refractivity contribution is 0.619. The van der Waals surface area contributed by atoms with Crippen LogP contribution in [-0.4, -0.2) is 9.78 Å². The standard InChI is InChI=1S/C15H19Br2N3/c1-4-12-15(17)14(20(5-2)19-12)9-18-13-8-10(3)6-7-11(13)16/h6-8,18H,4-5,9H2,1-3H3. The van der Waals surface area contributed by atoms with Crippen LogP contribution in [0.3, 0.4) is 0 Å². The van der Waals surface area contributed by atoms with Crippen LogP contribution in [0, 0.1) is 6.92 Å². The fraction of sp³-hybridized carbons (Fsp3) is 0.400. The number of hydrogen-bond donors (Lipinski definition) is 1. The van der Waals surface area contributed by atoms with Gasteiger partial charge in [0, 0.05) is 16.7 Å². The van der Waals surface area contributed by atoms with Crippen molar-refractivity contribution in [2.75, 3.05) is 5.32 Å². The number of rotatable bonds is 5. The Balaban J connectivity index is 2.22. The molecule has 1 N–H and O–H groups in total. The summed E-state index contributed by atoms with van der Waals surface area (Å²) in [5.41, 5.74) is 4.66. The molecule has 1 aromatic heterocycles. The Kier molecular flexibility index (Phi) is 5.27. The highest BCUT2D eigenvalue weighted by molar-refractivity contribution is 9.11. The zero-order valence-electron chi connectivity index (χ0n) is 12.0. The van der Waals surface area contributed by atoms with Crippen molar-refractivity contribution in [1.82, 2.24) is 9.78 Å². The molecule has 0 saturated heterocycles. The molecule has 1 heterocycles. The number of halogens is 2. The molecule has 108 valence electrons. The fourth-order valence-corrected chi connectivity index (χ4v) is 3.23. The smallest absolute Gasteiger partial charge is 0.0767 e. The summed E-state index contributed by atoms with van der Waals surface area (Å²) >= 11 is 7.25. The van der Waals surface area contributed by atoms with Crippen LogP contribution < -0.4 is 5.32 Å². The van der Waals surface area contributed by atoms with Gasteiger partial charge in [-0.15, -0.1) is 0 Å². The molecule has 3 nitrogen and oxygen atoms in total. The van der Waals surface area contributed by atoms with Gasteiger partial charge in [-0.25, -0.2) is 0 Å². The highest BCUT2D eigenvalue weighted by Crippen LogP contribution is 2.26. The van der Waals surface area contributed by atoms with E-state index in [-0.39, 0.29) is 0 Å². The first-order valence-corrected chi connectivity index (χ1v) is 8.39. The normalized spacial score (nSPS) is 10.8. The van der Waals surface area contributed by atoms with Gasteiger partial charge in [-0.1, -0.05) is 13.0 Å². The summed E-state index contributed by atoms with van der Waals surface area (Å²) in [5.74, 6) is 0. The second-order valence-corrected chi connectivity index (χ2v) is 6.36. The minimum absolute atomic E-state index is 0.753. The maximum Gasteiger partial charge on any atom is 0.0767 e. The van der Waals surface area contributed by atoms with Crippen molar-refractivity contribution in [3.63, 3.8) is 0 Å². The maximum atomic E-state index is 4.62. The Morgan fingerprint density at radius 2 is 2.00 bits per heavy atom. The van der Waals surface area contributed by atoms with E-state index in [9.17, 15) is 0 Å². The molecule has 0 unspecified atom stereocenters. The lowest BCUT2D eigenvalue weighted by atomic mass is 10.2. The first-order chi connectivity index (χ1) is 9.56. The van der Waals surface area contributed by atoms with E-state index in [2.05, 4.69) is 85.9 Å². The van der Waals surface area contributed by atoms with Gasteiger partial charge >= 0.3 is 0 Å². The largest absolute Gasteiger partial charge is 0.378 e. The number of aromatic nitrogens is 2. The molecular weight excluding hydrogens is 382 g/mol. The van der Waals surface area contributed by atoms with Gasteiger partial charge in [0.1, 0.15) is 0 Å². The van der Waals surface area contributed by atoms with Crippen molar-refractivity contribution in [1.29, 1.82) is 0 Å². The van der Waals surface area contributed by atoms with Crippen LogP contribution in [0.5, 0.6) is 0 Å². The Morgan fingerprint density at radius 3 is 2.65 bits per heavy atom. The van der Waals surface area contributed by atoms with Gasteiger partial charge in [0.25, 0.3) is 0 Å². The van der Waals surface area contributed by atoms with Crippen LogP contribution in [0.15, 0.2) is 27.1 Å². The van der Waals surface area contributed by atoms with Crippen molar-refractivity contribution in [2.24, 2.45) is 0 Å². The van der Waals surface area contributed by atoms with E-state index in [4.69, 9.17) is 0 Å². The number of benzene rings is 1. The monoisotopic (exact) mass is 399 g/mol. The minimum atomic E-state index is 0.753. The predicted octanol–water partition coefficient (Wildman–Crippen LogP) is 4.91. The molecule has 0 aliphatic rings. The minimum Gasteiger partial charge on any atom is -0.378 e. The Morgan fingerprint density at radius 1 is 1.25 bits per heavy atom. The second-order valence-electron chi connectivity index (χ2n) is 4.71.